The van der Waals surface area contributed by atoms with Crippen molar-refractivity contribution in [3.63, 3.8) is 0 Å². The second-order valence-electron chi connectivity index (χ2n) is 4.75. The molecule has 1 atom stereocenters. The highest BCUT2D eigenvalue weighted by atomic mass is 79.9. The van der Waals surface area contributed by atoms with Crippen LogP contribution >= 0.6 is 15.9 Å². The number of rotatable bonds is 3. The van der Waals surface area contributed by atoms with E-state index in [1.807, 2.05) is 36.4 Å². The Morgan fingerprint density at radius 2 is 1.44 bits per heavy atom. The summed E-state index contributed by atoms with van der Waals surface area (Å²) in [5, 5.41) is 10.4. The fourth-order valence-electron chi connectivity index (χ4n) is 1.94. The van der Waals surface area contributed by atoms with Crippen LogP contribution in [0.25, 0.3) is 0 Å². The van der Waals surface area contributed by atoms with E-state index in [-0.39, 0.29) is 0 Å². The molecule has 94 valence electrons. The average Bonchev–Trinajstić information content (AvgIpc) is 2.38. The second-order valence-corrected chi connectivity index (χ2v) is 5.60. The topological polar surface area (TPSA) is 20.2 Å². The standard InChI is InChI=1S/C16H17BrO/c1-11(2)12-7-9-13(10-8-12)16(18)14-5-3-4-6-15(14)17/h3-11,16,18H,1-2H3. The van der Waals surface area contributed by atoms with Crippen molar-refractivity contribution in [2.75, 3.05) is 0 Å². The molecular formula is C16H17BrO. The summed E-state index contributed by atoms with van der Waals surface area (Å²) in [6.07, 6.45) is -0.582. The quantitative estimate of drug-likeness (QED) is 0.875. The normalized spacial score (nSPS) is 12.7. The van der Waals surface area contributed by atoms with E-state index in [0.717, 1.165) is 15.6 Å². The maximum atomic E-state index is 10.4. The Balaban J connectivity index is 2.29. The largest absolute Gasteiger partial charge is 0.384 e. The van der Waals surface area contributed by atoms with E-state index in [4.69, 9.17) is 0 Å². The van der Waals surface area contributed by atoms with Gasteiger partial charge >= 0.3 is 0 Å². The summed E-state index contributed by atoms with van der Waals surface area (Å²) < 4.78 is 0.936. The zero-order valence-electron chi connectivity index (χ0n) is 10.6. The van der Waals surface area contributed by atoms with Crippen LogP contribution in [0.2, 0.25) is 0 Å². The van der Waals surface area contributed by atoms with E-state index >= 15 is 0 Å². The second kappa shape index (κ2) is 5.68. The van der Waals surface area contributed by atoms with Crippen molar-refractivity contribution < 1.29 is 5.11 Å². The van der Waals surface area contributed by atoms with Gasteiger partial charge in [-0.2, -0.15) is 0 Å². The zero-order chi connectivity index (χ0) is 13.1. The lowest BCUT2D eigenvalue weighted by Crippen LogP contribution is -2.01. The Morgan fingerprint density at radius 3 is 2.00 bits per heavy atom. The molecule has 0 spiro atoms. The third kappa shape index (κ3) is 2.82. The molecule has 2 heteroatoms. The molecular weight excluding hydrogens is 288 g/mol. The third-order valence-electron chi connectivity index (χ3n) is 3.12. The van der Waals surface area contributed by atoms with Crippen molar-refractivity contribution in [1.29, 1.82) is 0 Å². The lowest BCUT2D eigenvalue weighted by molar-refractivity contribution is 0.219. The van der Waals surface area contributed by atoms with Gasteiger partial charge in [-0.05, 0) is 28.7 Å². The zero-order valence-corrected chi connectivity index (χ0v) is 12.2. The van der Waals surface area contributed by atoms with E-state index in [1.165, 1.54) is 5.56 Å². The summed E-state index contributed by atoms with van der Waals surface area (Å²) in [5.74, 6) is 0.514. The molecule has 0 amide bonds. The van der Waals surface area contributed by atoms with E-state index in [2.05, 4.69) is 41.9 Å². The van der Waals surface area contributed by atoms with Crippen molar-refractivity contribution in [3.05, 3.63) is 69.7 Å². The van der Waals surface area contributed by atoms with Gasteiger partial charge in [0.05, 0.1) is 0 Å². The molecule has 0 aliphatic heterocycles. The first kappa shape index (κ1) is 13.3. The fraction of sp³-hybridized carbons (Fsp3) is 0.250. The first-order chi connectivity index (χ1) is 8.59. The smallest absolute Gasteiger partial charge is 0.105 e. The SMILES string of the molecule is CC(C)c1ccc(C(O)c2ccccc2Br)cc1. The van der Waals surface area contributed by atoms with Gasteiger partial charge in [-0.15, -0.1) is 0 Å². The highest BCUT2D eigenvalue weighted by Crippen LogP contribution is 2.29. The van der Waals surface area contributed by atoms with Crippen LogP contribution in [0.3, 0.4) is 0 Å². The Labute approximate surface area is 117 Å². The van der Waals surface area contributed by atoms with Crippen molar-refractivity contribution >= 4 is 15.9 Å². The van der Waals surface area contributed by atoms with Gasteiger partial charge in [-0.25, -0.2) is 0 Å². The van der Waals surface area contributed by atoms with E-state index in [9.17, 15) is 5.11 Å². The molecule has 0 aliphatic carbocycles. The summed E-state index contributed by atoms with van der Waals surface area (Å²) in [5.41, 5.74) is 3.11. The Hall–Kier alpha value is -1.12. The Bertz CT molecular complexity index is 517. The van der Waals surface area contributed by atoms with Crippen LogP contribution in [0.4, 0.5) is 0 Å². The van der Waals surface area contributed by atoms with Crippen molar-refractivity contribution in [2.24, 2.45) is 0 Å². The number of hydrogen-bond donors (Lipinski definition) is 1. The first-order valence-electron chi connectivity index (χ1n) is 6.12. The van der Waals surface area contributed by atoms with Gasteiger partial charge in [0.15, 0.2) is 0 Å². The van der Waals surface area contributed by atoms with Gasteiger partial charge in [0.25, 0.3) is 0 Å². The highest BCUT2D eigenvalue weighted by molar-refractivity contribution is 9.10. The molecule has 0 bridgehead atoms. The summed E-state index contributed by atoms with van der Waals surface area (Å²) in [4.78, 5) is 0. The summed E-state index contributed by atoms with van der Waals surface area (Å²) in [6.45, 7) is 4.33. The van der Waals surface area contributed by atoms with Gasteiger partial charge in [-0.3, -0.25) is 0 Å². The predicted molar refractivity (Wildman–Crippen MR) is 78.7 cm³/mol. The number of halogens is 1. The minimum Gasteiger partial charge on any atom is -0.384 e. The van der Waals surface area contributed by atoms with Crippen molar-refractivity contribution in [3.8, 4) is 0 Å². The summed E-state index contributed by atoms with van der Waals surface area (Å²) >= 11 is 3.47. The van der Waals surface area contributed by atoms with Crippen LogP contribution in [-0.2, 0) is 0 Å². The van der Waals surface area contributed by atoms with Gasteiger partial charge in [0, 0.05) is 4.47 Å². The molecule has 2 rings (SSSR count). The molecule has 0 saturated carbocycles. The van der Waals surface area contributed by atoms with Crippen LogP contribution < -0.4 is 0 Å². The maximum absolute atomic E-state index is 10.4. The number of aliphatic hydroxyl groups excluding tert-OH is 1. The lowest BCUT2D eigenvalue weighted by Gasteiger charge is -2.14. The Kier molecular flexibility index (Phi) is 4.20. The maximum Gasteiger partial charge on any atom is 0.105 e. The fourth-order valence-corrected chi connectivity index (χ4v) is 2.44. The summed E-state index contributed by atoms with van der Waals surface area (Å²) in [6, 6.07) is 15.9. The number of hydrogen-bond acceptors (Lipinski definition) is 1. The minimum atomic E-state index is -0.582. The van der Waals surface area contributed by atoms with Gasteiger partial charge in [0.1, 0.15) is 6.10 Å². The van der Waals surface area contributed by atoms with Crippen molar-refractivity contribution in [2.45, 2.75) is 25.9 Å². The van der Waals surface area contributed by atoms with Gasteiger partial charge in [0.2, 0.25) is 0 Å². The van der Waals surface area contributed by atoms with Crippen LogP contribution in [0.15, 0.2) is 53.0 Å². The molecule has 2 aromatic rings. The molecule has 0 heterocycles. The van der Waals surface area contributed by atoms with Crippen LogP contribution in [0.1, 0.15) is 42.6 Å². The molecule has 0 radical (unpaired) electrons. The molecule has 18 heavy (non-hydrogen) atoms. The molecule has 2 aromatic carbocycles. The molecule has 0 fully saturated rings. The van der Waals surface area contributed by atoms with Crippen molar-refractivity contribution in [1.82, 2.24) is 0 Å². The molecule has 1 nitrogen and oxygen atoms in total. The summed E-state index contributed by atoms with van der Waals surface area (Å²) in [7, 11) is 0. The van der Waals surface area contributed by atoms with E-state index < -0.39 is 6.10 Å². The van der Waals surface area contributed by atoms with E-state index in [1.54, 1.807) is 0 Å². The molecule has 0 saturated heterocycles. The van der Waals surface area contributed by atoms with Crippen LogP contribution in [0, 0.1) is 0 Å². The van der Waals surface area contributed by atoms with Gasteiger partial charge < -0.3 is 5.11 Å². The molecule has 1 N–H and O–H groups in total. The average molecular weight is 305 g/mol. The molecule has 1 unspecified atom stereocenters. The first-order valence-corrected chi connectivity index (χ1v) is 6.91. The van der Waals surface area contributed by atoms with Crippen LogP contribution in [0.5, 0.6) is 0 Å². The third-order valence-corrected chi connectivity index (χ3v) is 3.84. The van der Waals surface area contributed by atoms with Crippen LogP contribution in [-0.4, -0.2) is 5.11 Å². The number of benzene rings is 2. The number of aliphatic hydroxyl groups is 1. The molecule has 0 aliphatic rings. The van der Waals surface area contributed by atoms with Gasteiger partial charge in [-0.1, -0.05) is 72.2 Å². The lowest BCUT2D eigenvalue weighted by atomic mass is 9.97. The predicted octanol–water partition coefficient (Wildman–Crippen LogP) is 4.65. The Morgan fingerprint density at radius 1 is 0.889 bits per heavy atom. The van der Waals surface area contributed by atoms with E-state index in [0.29, 0.717) is 5.92 Å². The molecule has 0 aromatic heterocycles. The monoisotopic (exact) mass is 304 g/mol. The minimum absolute atomic E-state index is 0.514. The highest BCUT2D eigenvalue weighted by Gasteiger charge is 2.13.